The van der Waals surface area contributed by atoms with Gasteiger partial charge in [-0.3, -0.25) is 9.59 Å². The summed E-state index contributed by atoms with van der Waals surface area (Å²) in [5.74, 6) is -2.06. The van der Waals surface area contributed by atoms with Crippen molar-refractivity contribution >= 4 is 17.9 Å². The third-order valence-corrected chi connectivity index (χ3v) is 5.58. The lowest BCUT2D eigenvalue weighted by Crippen LogP contribution is -2.53. The van der Waals surface area contributed by atoms with E-state index in [1.54, 1.807) is 13.0 Å². The average molecular weight is 507 g/mol. The van der Waals surface area contributed by atoms with Gasteiger partial charge < -0.3 is 35.8 Å². The molecule has 0 fully saturated rings. The van der Waals surface area contributed by atoms with Gasteiger partial charge in [-0.2, -0.15) is 0 Å². The van der Waals surface area contributed by atoms with Crippen molar-refractivity contribution in [2.45, 2.75) is 32.1 Å². The second-order valence-corrected chi connectivity index (χ2v) is 8.43. The molecule has 3 rings (SSSR count). The van der Waals surface area contributed by atoms with Crippen LogP contribution in [0.2, 0.25) is 0 Å². The first-order valence-electron chi connectivity index (χ1n) is 11.7. The second-order valence-electron chi connectivity index (χ2n) is 8.43. The highest BCUT2D eigenvalue weighted by Gasteiger charge is 2.27. The minimum Gasteiger partial charge on any atom is -0.504 e. The molecule has 0 saturated heterocycles. The van der Waals surface area contributed by atoms with E-state index >= 15 is 0 Å². The predicted octanol–water partition coefficient (Wildman–Crippen LogP) is 2.97. The summed E-state index contributed by atoms with van der Waals surface area (Å²) in [6.07, 6.45) is 2.38. The van der Waals surface area contributed by atoms with Gasteiger partial charge in [0.25, 0.3) is 0 Å². The molecule has 3 aromatic carbocycles. The number of nitrogens with one attached hydrogen (secondary N) is 2. The van der Waals surface area contributed by atoms with Crippen LogP contribution in [0.3, 0.4) is 0 Å². The van der Waals surface area contributed by atoms with Gasteiger partial charge in [0, 0.05) is 12.6 Å². The number of hydrogen-bond acceptors (Lipinski definition) is 7. The van der Waals surface area contributed by atoms with Crippen LogP contribution in [0.1, 0.15) is 23.6 Å². The Bertz CT molecular complexity index is 1240. The summed E-state index contributed by atoms with van der Waals surface area (Å²) in [5, 5.41) is 43.6. The molecule has 0 bridgehead atoms. The zero-order valence-corrected chi connectivity index (χ0v) is 20.3. The molecule has 37 heavy (non-hydrogen) atoms. The minimum atomic E-state index is -1.01. The topological polar surface area (TPSA) is 148 Å². The molecular formula is C28H30N2O7. The van der Waals surface area contributed by atoms with E-state index in [4.69, 9.17) is 4.74 Å². The second kappa shape index (κ2) is 13.0. The van der Waals surface area contributed by atoms with Crippen molar-refractivity contribution in [1.82, 2.24) is 10.6 Å². The Balaban J connectivity index is 1.65. The summed E-state index contributed by atoms with van der Waals surface area (Å²) in [4.78, 5) is 25.6. The summed E-state index contributed by atoms with van der Waals surface area (Å²) in [6.45, 7) is 2.16. The molecule has 0 unspecified atom stereocenters. The van der Waals surface area contributed by atoms with Crippen molar-refractivity contribution in [1.29, 1.82) is 0 Å². The molecule has 9 nitrogen and oxygen atoms in total. The van der Waals surface area contributed by atoms with Crippen LogP contribution in [-0.4, -0.2) is 50.9 Å². The number of aromatic hydroxyl groups is 4. The number of amides is 2. The lowest BCUT2D eigenvalue weighted by Gasteiger charge is -2.24. The summed E-state index contributed by atoms with van der Waals surface area (Å²) in [7, 11) is 0. The standard InChI is InChI=1S/C28H30N2O7/c1-18(37-17-21-5-3-2-4-6-21)27(28(36)29-14-13-20-8-11-23(32)25(34)16-20)30-26(35)12-9-19-7-10-22(31)24(33)15-19/h2-12,15-16,18,27,31-34H,13-14,17H2,1H3,(H,29,36)(H,30,35)/t18-,27+/m1/s1. The maximum absolute atomic E-state index is 13.0. The van der Waals surface area contributed by atoms with Gasteiger partial charge in [-0.15, -0.1) is 0 Å². The number of hydrogen-bond donors (Lipinski definition) is 6. The first kappa shape index (κ1) is 27.1. The molecular weight excluding hydrogens is 476 g/mol. The van der Waals surface area contributed by atoms with Crippen molar-refractivity contribution in [2.75, 3.05) is 6.54 Å². The normalized spacial score (nSPS) is 12.7. The maximum atomic E-state index is 13.0. The molecule has 0 radical (unpaired) electrons. The Kier molecular flexibility index (Phi) is 9.51. The van der Waals surface area contributed by atoms with Gasteiger partial charge >= 0.3 is 0 Å². The van der Waals surface area contributed by atoms with E-state index in [2.05, 4.69) is 10.6 Å². The summed E-state index contributed by atoms with van der Waals surface area (Å²) in [5.41, 5.74) is 2.11. The Morgan fingerprint density at radius 3 is 2.22 bits per heavy atom. The number of carbonyl (C=O) groups excluding carboxylic acids is 2. The van der Waals surface area contributed by atoms with Crippen molar-refractivity contribution in [3.63, 3.8) is 0 Å². The molecule has 2 amide bonds. The number of ether oxygens (including phenoxy) is 1. The quantitative estimate of drug-likeness (QED) is 0.173. The molecule has 0 spiro atoms. The van der Waals surface area contributed by atoms with Crippen LogP contribution in [0.4, 0.5) is 0 Å². The van der Waals surface area contributed by atoms with Crippen LogP contribution in [0, 0.1) is 0 Å². The van der Waals surface area contributed by atoms with Crippen LogP contribution in [0.15, 0.2) is 72.8 Å². The molecule has 194 valence electrons. The molecule has 6 N–H and O–H groups in total. The van der Waals surface area contributed by atoms with Crippen LogP contribution < -0.4 is 10.6 Å². The molecule has 0 aliphatic heterocycles. The average Bonchev–Trinajstić information content (AvgIpc) is 2.89. The summed E-state index contributed by atoms with van der Waals surface area (Å²) in [6, 6.07) is 17.0. The minimum absolute atomic E-state index is 0.226. The van der Waals surface area contributed by atoms with Gasteiger partial charge in [-0.05, 0) is 60.4 Å². The fraction of sp³-hybridized carbons (Fsp3) is 0.214. The van der Waals surface area contributed by atoms with Crippen LogP contribution in [0.25, 0.3) is 6.08 Å². The van der Waals surface area contributed by atoms with E-state index in [1.165, 1.54) is 42.5 Å². The number of rotatable bonds is 11. The highest BCUT2D eigenvalue weighted by Crippen LogP contribution is 2.26. The van der Waals surface area contributed by atoms with Gasteiger partial charge in [0.2, 0.25) is 11.8 Å². The zero-order valence-electron chi connectivity index (χ0n) is 20.3. The summed E-state index contributed by atoms with van der Waals surface area (Å²) < 4.78 is 5.88. The molecule has 0 heterocycles. The molecule has 0 saturated carbocycles. The fourth-order valence-electron chi connectivity index (χ4n) is 3.48. The van der Waals surface area contributed by atoms with Gasteiger partial charge in [0.15, 0.2) is 23.0 Å². The fourth-order valence-corrected chi connectivity index (χ4v) is 3.48. The van der Waals surface area contributed by atoms with E-state index in [9.17, 15) is 30.0 Å². The van der Waals surface area contributed by atoms with Crippen molar-refractivity contribution in [2.24, 2.45) is 0 Å². The molecule has 0 aliphatic rings. The monoisotopic (exact) mass is 506 g/mol. The van der Waals surface area contributed by atoms with Crippen LogP contribution in [-0.2, 0) is 27.4 Å². The van der Waals surface area contributed by atoms with Gasteiger partial charge in [0.05, 0.1) is 12.7 Å². The van der Waals surface area contributed by atoms with Crippen LogP contribution in [0.5, 0.6) is 23.0 Å². The van der Waals surface area contributed by atoms with E-state index in [0.717, 1.165) is 5.56 Å². The summed E-state index contributed by atoms with van der Waals surface area (Å²) >= 11 is 0. The number of benzene rings is 3. The predicted molar refractivity (Wildman–Crippen MR) is 138 cm³/mol. The Morgan fingerprint density at radius 1 is 0.865 bits per heavy atom. The van der Waals surface area contributed by atoms with E-state index in [-0.39, 0.29) is 36.1 Å². The van der Waals surface area contributed by atoms with Crippen molar-refractivity contribution < 1.29 is 34.8 Å². The first-order chi connectivity index (χ1) is 17.7. The highest BCUT2D eigenvalue weighted by atomic mass is 16.5. The smallest absolute Gasteiger partial charge is 0.245 e. The molecule has 2 atom stereocenters. The number of phenols is 4. The first-order valence-corrected chi connectivity index (χ1v) is 11.7. The largest absolute Gasteiger partial charge is 0.504 e. The van der Waals surface area contributed by atoms with Crippen molar-refractivity contribution in [3.05, 3.63) is 89.5 Å². The number of phenolic OH excluding ortho intramolecular Hbond substituents is 4. The lowest BCUT2D eigenvalue weighted by atomic mass is 10.1. The maximum Gasteiger partial charge on any atom is 0.245 e. The van der Waals surface area contributed by atoms with Gasteiger partial charge in [0.1, 0.15) is 6.04 Å². The molecule has 3 aromatic rings. The number of carbonyl (C=O) groups is 2. The van der Waals surface area contributed by atoms with Gasteiger partial charge in [-0.25, -0.2) is 0 Å². The molecule has 0 aromatic heterocycles. The molecule has 0 aliphatic carbocycles. The Morgan fingerprint density at radius 2 is 1.54 bits per heavy atom. The van der Waals surface area contributed by atoms with E-state index in [1.807, 2.05) is 30.3 Å². The van der Waals surface area contributed by atoms with Gasteiger partial charge in [-0.1, -0.05) is 42.5 Å². The molecule has 9 heteroatoms. The lowest BCUT2D eigenvalue weighted by molar-refractivity contribution is -0.131. The Hall–Kier alpha value is -4.50. The third kappa shape index (κ3) is 8.29. The SMILES string of the molecule is C[C@@H](OCc1ccccc1)[C@H](NC(=O)C=Cc1ccc(O)c(O)c1)C(=O)NCCc1ccc(O)c(O)c1. The Labute approximate surface area is 214 Å². The van der Waals surface area contributed by atoms with Crippen molar-refractivity contribution in [3.8, 4) is 23.0 Å². The van der Waals surface area contributed by atoms with Crippen LogP contribution >= 0.6 is 0 Å². The highest BCUT2D eigenvalue weighted by molar-refractivity contribution is 5.95. The third-order valence-electron chi connectivity index (χ3n) is 5.58. The van der Waals surface area contributed by atoms with E-state index < -0.39 is 24.0 Å². The zero-order chi connectivity index (χ0) is 26.8. The van der Waals surface area contributed by atoms with E-state index in [0.29, 0.717) is 17.5 Å².